The molecule has 0 radical (unpaired) electrons. The van der Waals surface area contributed by atoms with Crippen LogP contribution in [0.5, 0.6) is 11.5 Å². The van der Waals surface area contributed by atoms with Crippen LogP contribution in [0.2, 0.25) is 0 Å². The van der Waals surface area contributed by atoms with Gasteiger partial charge < -0.3 is 25.6 Å². The Kier molecular flexibility index (Phi) is 13.3. The number of amides is 5. The van der Waals surface area contributed by atoms with E-state index in [1.165, 1.54) is 23.4 Å². The van der Waals surface area contributed by atoms with Gasteiger partial charge in [-0.1, -0.05) is 41.9 Å². The van der Waals surface area contributed by atoms with Gasteiger partial charge in [0.25, 0.3) is 5.91 Å². The van der Waals surface area contributed by atoms with Crippen LogP contribution in [-0.4, -0.2) is 134 Å². The largest absolute Gasteiger partial charge is 0.457 e. The van der Waals surface area contributed by atoms with Crippen molar-refractivity contribution in [1.82, 2.24) is 50.0 Å². The van der Waals surface area contributed by atoms with Crippen LogP contribution in [0.15, 0.2) is 91.3 Å². The van der Waals surface area contributed by atoms with Crippen molar-refractivity contribution < 1.29 is 28.7 Å². The molecule has 5 aromatic rings. The number of aromatic nitrogens is 4. The van der Waals surface area contributed by atoms with Crippen LogP contribution >= 0.6 is 0 Å². The second-order valence-corrected chi connectivity index (χ2v) is 16.8. The number of ether oxygens (including phenoxy) is 1. The zero-order chi connectivity index (χ0) is 46.3. The summed E-state index contributed by atoms with van der Waals surface area (Å²) in [5.74, 6) is 12.8. The molecule has 0 bridgehead atoms. The predicted octanol–water partition coefficient (Wildman–Crippen LogP) is 3.14. The van der Waals surface area contributed by atoms with Crippen molar-refractivity contribution in [3.05, 3.63) is 108 Å². The molecule has 4 aliphatic rings. The number of carbonyl (C=O) groups is 5. The van der Waals surface area contributed by atoms with Crippen molar-refractivity contribution in [3.63, 3.8) is 0 Å². The molecule has 0 spiro atoms. The van der Waals surface area contributed by atoms with E-state index in [0.29, 0.717) is 73.0 Å². The monoisotopic (exact) mass is 899 g/mol. The van der Waals surface area contributed by atoms with E-state index in [1.54, 1.807) is 11.0 Å². The van der Waals surface area contributed by atoms with Gasteiger partial charge in [-0.05, 0) is 79.4 Å². The van der Waals surface area contributed by atoms with Crippen LogP contribution in [-0.2, 0) is 25.7 Å². The molecule has 3 aromatic carbocycles. The zero-order valence-corrected chi connectivity index (χ0v) is 36.8. The molecule has 0 aliphatic carbocycles. The highest BCUT2D eigenvalue weighted by Gasteiger charge is 2.39. The van der Waals surface area contributed by atoms with Crippen molar-refractivity contribution in [2.45, 2.75) is 44.3 Å². The minimum absolute atomic E-state index is 0.160. The highest BCUT2D eigenvalue weighted by atomic mass is 16.5. The lowest BCUT2D eigenvalue weighted by atomic mass is 10.0. The van der Waals surface area contributed by atoms with E-state index in [4.69, 9.17) is 15.6 Å². The molecule has 17 nitrogen and oxygen atoms in total. The quantitative estimate of drug-likeness (QED) is 0.105. The fourth-order valence-corrected chi connectivity index (χ4v) is 8.80. The Hall–Kier alpha value is -7.86. The topological polar surface area (TPSA) is 201 Å². The number of para-hydroxylation sites is 1. The summed E-state index contributed by atoms with van der Waals surface area (Å²) in [6, 6.07) is 21.8. The molecule has 17 heteroatoms. The number of imide groups is 1. The number of hydrogen-bond acceptors (Lipinski definition) is 12. The highest BCUT2D eigenvalue weighted by molar-refractivity contribution is 6.05. The van der Waals surface area contributed by atoms with Crippen LogP contribution in [0.1, 0.15) is 53.2 Å². The maximum atomic E-state index is 13.3. The number of nitrogen functional groups attached to an aromatic ring is 1. The molecule has 3 fully saturated rings. The molecular weight excluding hydrogens is 851 g/mol. The average molecular weight is 900 g/mol. The van der Waals surface area contributed by atoms with E-state index in [2.05, 4.69) is 54.1 Å². The number of nitrogens with one attached hydrogen (secondary N) is 2. The molecule has 4 aliphatic heterocycles. The van der Waals surface area contributed by atoms with Crippen molar-refractivity contribution in [1.29, 1.82) is 0 Å². The number of nitrogens with two attached hydrogens (primary N) is 1. The van der Waals surface area contributed by atoms with Crippen molar-refractivity contribution in [2.24, 2.45) is 0 Å². The lowest BCUT2D eigenvalue weighted by Gasteiger charge is -2.32. The van der Waals surface area contributed by atoms with Crippen LogP contribution < -0.4 is 21.1 Å². The molecule has 0 saturated carbocycles. The Balaban J connectivity index is 0.702. The second kappa shape index (κ2) is 20.1. The molecule has 4 N–H and O–H groups in total. The lowest BCUT2D eigenvalue weighted by Crippen LogP contribution is -2.52. The van der Waals surface area contributed by atoms with Gasteiger partial charge in [-0.15, -0.1) is 0 Å². The molecular formula is C50H49N11O6. The number of piperazine rings is 1. The van der Waals surface area contributed by atoms with E-state index in [1.807, 2.05) is 71.4 Å². The molecule has 67 heavy (non-hydrogen) atoms. The molecule has 3 saturated heterocycles. The minimum atomic E-state index is -0.644. The van der Waals surface area contributed by atoms with Gasteiger partial charge in [0.05, 0.1) is 31.1 Å². The van der Waals surface area contributed by atoms with Gasteiger partial charge in [-0.3, -0.25) is 39.1 Å². The average Bonchev–Trinajstić information content (AvgIpc) is 3.90. The molecule has 2 atom stereocenters. The Morgan fingerprint density at radius 1 is 0.866 bits per heavy atom. The zero-order valence-electron chi connectivity index (χ0n) is 36.8. The molecule has 1 unspecified atom stereocenters. The number of benzene rings is 3. The number of piperidine rings is 2. The molecule has 6 heterocycles. The number of fused-ring (bicyclic) bond motifs is 2. The molecule has 340 valence electrons. The number of likely N-dealkylation sites (tertiary alicyclic amines) is 1. The number of carbonyl (C=O) groups excluding carboxylic acids is 5. The third-order valence-corrected chi connectivity index (χ3v) is 12.4. The fraction of sp³-hybridized carbons (Fsp3) is 0.320. The van der Waals surface area contributed by atoms with E-state index in [9.17, 15) is 24.0 Å². The maximum Gasteiger partial charge on any atom is 0.255 e. The first-order chi connectivity index (χ1) is 32.7. The second-order valence-electron chi connectivity index (χ2n) is 16.8. The van der Waals surface area contributed by atoms with E-state index in [0.717, 1.165) is 61.5 Å². The van der Waals surface area contributed by atoms with Gasteiger partial charge in [0.15, 0.2) is 5.65 Å². The van der Waals surface area contributed by atoms with Gasteiger partial charge in [0.2, 0.25) is 23.6 Å². The van der Waals surface area contributed by atoms with Gasteiger partial charge in [0.1, 0.15) is 35.4 Å². The first-order valence-electron chi connectivity index (χ1n) is 22.4. The summed E-state index contributed by atoms with van der Waals surface area (Å²) < 4.78 is 7.81. The number of rotatable bonds is 10. The number of nitrogens with zero attached hydrogens (tertiary/aromatic N) is 8. The Morgan fingerprint density at radius 3 is 2.40 bits per heavy atom. The fourth-order valence-electron chi connectivity index (χ4n) is 8.80. The standard InChI is InChI=1S/C50H49N11O6/c51-47-45-46(35-13-15-39(16-14-35)67-38-10-2-1-3-11-38)56-61(48(45)54-33-53-47)37-9-7-25-59(32-37)44(64)21-20-42(62)52-22-4-5-23-57-26-28-58(29-27-57)24-6-8-34-12-17-40-36(30-34)31-60(50(40)66)41-18-19-43(63)55-49(41)65/h1-3,10-17,20-21,30,33,37,41H,7,9,18-19,22-29,31-32H2,(H,52,62)(H2,51,53,54)(H,55,63,65)/b21-20+/t37-,41?/m1/s1. The smallest absolute Gasteiger partial charge is 0.255 e. The van der Waals surface area contributed by atoms with Crippen LogP contribution in [0, 0.1) is 23.7 Å². The van der Waals surface area contributed by atoms with Crippen LogP contribution in [0.3, 0.4) is 0 Å². The lowest BCUT2D eigenvalue weighted by molar-refractivity contribution is -0.137. The SMILES string of the molecule is Nc1ncnc2c1c(-c1ccc(Oc3ccccc3)cc1)nn2[C@@H]1CCCN(C(=O)/C=C/C(=O)NCC#CCN2CCN(CC#Cc3ccc4c(c3)CN(C3CCC(=O)NC3=O)C4=O)CC2)C1. The number of anilines is 1. The van der Waals surface area contributed by atoms with Gasteiger partial charge >= 0.3 is 0 Å². The normalized spacial score (nSPS) is 18.8. The van der Waals surface area contributed by atoms with Crippen molar-refractivity contribution in [2.75, 3.05) is 64.6 Å². The first-order valence-corrected chi connectivity index (χ1v) is 22.4. The highest BCUT2D eigenvalue weighted by Crippen LogP contribution is 2.35. The van der Waals surface area contributed by atoms with E-state index in [-0.39, 0.29) is 36.7 Å². The molecule has 9 rings (SSSR count). The summed E-state index contributed by atoms with van der Waals surface area (Å²) in [5.41, 5.74) is 10.6. The molecule has 5 amide bonds. The van der Waals surface area contributed by atoms with Gasteiger partial charge in [-0.25, -0.2) is 14.6 Å². The summed E-state index contributed by atoms with van der Waals surface area (Å²) in [7, 11) is 0. The van der Waals surface area contributed by atoms with E-state index >= 15 is 0 Å². The Bertz CT molecular complexity index is 2870. The minimum Gasteiger partial charge on any atom is -0.457 e. The summed E-state index contributed by atoms with van der Waals surface area (Å²) >= 11 is 0. The van der Waals surface area contributed by atoms with Gasteiger partial charge in [0, 0.05) is 81.1 Å². The third kappa shape index (κ3) is 10.3. The summed E-state index contributed by atoms with van der Waals surface area (Å²) in [5, 5.41) is 10.7. The summed E-state index contributed by atoms with van der Waals surface area (Å²) in [6.07, 6.45) is 6.04. The number of hydrogen-bond donors (Lipinski definition) is 3. The van der Waals surface area contributed by atoms with Gasteiger partial charge in [-0.2, -0.15) is 5.10 Å². The van der Waals surface area contributed by atoms with E-state index < -0.39 is 17.9 Å². The van der Waals surface area contributed by atoms with Crippen molar-refractivity contribution in [3.8, 4) is 46.4 Å². The molecule has 2 aromatic heterocycles. The first kappa shape index (κ1) is 44.3. The Labute approximate surface area is 387 Å². The van der Waals surface area contributed by atoms with Crippen molar-refractivity contribution >= 4 is 46.4 Å². The summed E-state index contributed by atoms with van der Waals surface area (Å²) in [6.45, 7) is 5.94. The maximum absolute atomic E-state index is 13.3. The predicted molar refractivity (Wildman–Crippen MR) is 249 cm³/mol. The summed E-state index contributed by atoms with van der Waals surface area (Å²) in [4.78, 5) is 79.4. The van der Waals surface area contributed by atoms with Crippen LogP contribution in [0.4, 0.5) is 5.82 Å². The Morgan fingerprint density at radius 2 is 1.63 bits per heavy atom. The third-order valence-electron chi connectivity index (χ3n) is 12.4. The van der Waals surface area contributed by atoms with Crippen LogP contribution in [0.25, 0.3) is 22.3 Å².